The zero-order valence-corrected chi connectivity index (χ0v) is 14.4. The van der Waals surface area contributed by atoms with Crippen molar-refractivity contribution in [2.24, 2.45) is 0 Å². The van der Waals surface area contributed by atoms with E-state index in [1.54, 1.807) is 42.7 Å². The highest BCUT2D eigenvalue weighted by Gasteiger charge is 2.18. The molecule has 4 aromatic rings. The van der Waals surface area contributed by atoms with Crippen LogP contribution in [0.1, 0.15) is 21.7 Å². The standard InChI is InChI=1S/C21H14ClN3O/c22-16-9-7-15(8-10-16)20(26)17(12-14-4-3-11-23-13-14)21-24-18-5-1-2-6-19(18)25-21/h1-13H,(H,24,25)/b17-12+. The number of nitrogens with one attached hydrogen (secondary N) is 1. The van der Waals surface area contributed by atoms with E-state index < -0.39 is 0 Å². The molecule has 126 valence electrons. The molecular weight excluding hydrogens is 346 g/mol. The first-order valence-corrected chi connectivity index (χ1v) is 8.45. The molecule has 1 N–H and O–H groups in total. The maximum Gasteiger partial charge on any atom is 0.196 e. The Bertz CT molecular complexity index is 1070. The monoisotopic (exact) mass is 359 g/mol. The number of nitrogens with zero attached hydrogens (tertiary/aromatic N) is 2. The Balaban J connectivity index is 1.85. The molecule has 0 saturated carbocycles. The van der Waals surface area contributed by atoms with E-state index in [-0.39, 0.29) is 5.78 Å². The number of carbonyl (C=O) groups is 1. The Morgan fingerprint density at radius 1 is 1.00 bits per heavy atom. The minimum Gasteiger partial charge on any atom is -0.338 e. The molecule has 2 heterocycles. The number of rotatable bonds is 4. The molecule has 26 heavy (non-hydrogen) atoms. The van der Waals surface area contributed by atoms with E-state index in [0.717, 1.165) is 16.6 Å². The normalized spacial score (nSPS) is 11.7. The second kappa shape index (κ2) is 6.94. The predicted octanol–water partition coefficient (Wildman–Crippen LogP) is 5.03. The van der Waals surface area contributed by atoms with Crippen LogP contribution in [0, 0.1) is 0 Å². The lowest BCUT2D eigenvalue weighted by atomic mass is 10.0. The first-order valence-electron chi connectivity index (χ1n) is 8.08. The number of hydrogen-bond acceptors (Lipinski definition) is 3. The molecule has 0 amide bonds. The zero-order chi connectivity index (χ0) is 17.9. The number of para-hydroxylation sites is 2. The summed E-state index contributed by atoms with van der Waals surface area (Å²) in [5, 5.41) is 0.586. The summed E-state index contributed by atoms with van der Waals surface area (Å²) in [5.41, 5.74) is 3.53. The second-order valence-electron chi connectivity index (χ2n) is 5.78. The number of hydrogen-bond donors (Lipinski definition) is 1. The summed E-state index contributed by atoms with van der Waals surface area (Å²) < 4.78 is 0. The van der Waals surface area contributed by atoms with Crippen molar-refractivity contribution in [3.63, 3.8) is 0 Å². The summed E-state index contributed by atoms with van der Waals surface area (Å²) in [7, 11) is 0. The van der Waals surface area contributed by atoms with E-state index in [0.29, 0.717) is 22.0 Å². The number of allylic oxidation sites excluding steroid dienone is 1. The van der Waals surface area contributed by atoms with Gasteiger partial charge in [-0.2, -0.15) is 0 Å². The first kappa shape index (κ1) is 16.2. The number of benzene rings is 2. The molecule has 0 bridgehead atoms. The van der Waals surface area contributed by atoms with Gasteiger partial charge in [0.1, 0.15) is 5.82 Å². The number of ketones is 1. The molecule has 4 rings (SSSR count). The molecule has 0 atom stereocenters. The lowest BCUT2D eigenvalue weighted by Crippen LogP contribution is -2.04. The number of pyridine rings is 1. The van der Waals surface area contributed by atoms with E-state index in [4.69, 9.17) is 11.6 Å². The average molecular weight is 360 g/mol. The van der Waals surface area contributed by atoms with Gasteiger partial charge in [-0.25, -0.2) is 4.98 Å². The number of halogens is 1. The maximum atomic E-state index is 13.1. The summed E-state index contributed by atoms with van der Waals surface area (Å²) in [6.07, 6.45) is 5.19. The van der Waals surface area contributed by atoms with Gasteiger partial charge in [0, 0.05) is 23.0 Å². The van der Waals surface area contributed by atoms with Crippen molar-refractivity contribution >= 4 is 40.1 Å². The predicted molar refractivity (Wildman–Crippen MR) is 104 cm³/mol. The number of imidazole rings is 1. The lowest BCUT2D eigenvalue weighted by Gasteiger charge is -2.05. The van der Waals surface area contributed by atoms with Crippen molar-refractivity contribution in [1.82, 2.24) is 15.0 Å². The summed E-state index contributed by atoms with van der Waals surface area (Å²) >= 11 is 5.94. The van der Waals surface area contributed by atoms with Crippen molar-refractivity contribution < 1.29 is 4.79 Å². The Hall–Kier alpha value is -3.24. The Morgan fingerprint density at radius 3 is 2.54 bits per heavy atom. The van der Waals surface area contributed by atoms with Crippen LogP contribution >= 0.6 is 11.6 Å². The molecule has 0 spiro atoms. The van der Waals surface area contributed by atoms with Gasteiger partial charge in [-0.3, -0.25) is 9.78 Å². The van der Waals surface area contributed by atoms with Crippen molar-refractivity contribution in [1.29, 1.82) is 0 Å². The van der Waals surface area contributed by atoms with Crippen LogP contribution in [0.15, 0.2) is 73.1 Å². The molecule has 0 radical (unpaired) electrons. The van der Waals surface area contributed by atoms with Crippen LogP contribution in [0.5, 0.6) is 0 Å². The Labute approximate surface area is 155 Å². The highest BCUT2D eigenvalue weighted by molar-refractivity contribution is 6.33. The highest BCUT2D eigenvalue weighted by atomic mass is 35.5. The van der Waals surface area contributed by atoms with Gasteiger partial charge in [0.25, 0.3) is 0 Å². The van der Waals surface area contributed by atoms with Gasteiger partial charge in [0.15, 0.2) is 5.78 Å². The van der Waals surface area contributed by atoms with E-state index in [2.05, 4.69) is 15.0 Å². The first-order chi connectivity index (χ1) is 12.7. The van der Waals surface area contributed by atoms with Crippen molar-refractivity contribution in [3.8, 4) is 0 Å². The SMILES string of the molecule is O=C(/C(=C\c1cccnc1)c1nc2ccccc2[nH]1)c1ccc(Cl)cc1. The number of fused-ring (bicyclic) bond motifs is 1. The van der Waals surface area contributed by atoms with Crippen molar-refractivity contribution in [3.05, 3.63) is 95.0 Å². The molecule has 0 aliphatic carbocycles. The average Bonchev–Trinajstić information content (AvgIpc) is 3.11. The van der Waals surface area contributed by atoms with Gasteiger partial charge < -0.3 is 4.98 Å². The highest BCUT2D eigenvalue weighted by Crippen LogP contribution is 2.24. The number of H-pyrrole nitrogens is 1. The fourth-order valence-electron chi connectivity index (χ4n) is 2.71. The second-order valence-corrected chi connectivity index (χ2v) is 6.22. The largest absolute Gasteiger partial charge is 0.338 e. The van der Waals surface area contributed by atoms with Gasteiger partial charge in [-0.1, -0.05) is 29.8 Å². The minimum atomic E-state index is -0.135. The molecule has 2 aromatic heterocycles. The van der Waals surface area contributed by atoms with Crippen LogP contribution in [-0.4, -0.2) is 20.7 Å². The fraction of sp³-hybridized carbons (Fsp3) is 0. The molecule has 0 fully saturated rings. The van der Waals surface area contributed by atoms with Gasteiger partial charge in [-0.15, -0.1) is 0 Å². The number of carbonyl (C=O) groups excluding carboxylic acids is 1. The fourth-order valence-corrected chi connectivity index (χ4v) is 2.83. The van der Waals surface area contributed by atoms with E-state index in [1.807, 2.05) is 36.4 Å². The number of Topliss-reactive ketones (excluding diaryl/α,β-unsaturated/α-hetero) is 1. The zero-order valence-electron chi connectivity index (χ0n) is 13.7. The summed E-state index contributed by atoms with van der Waals surface area (Å²) in [6, 6.07) is 18.2. The molecule has 0 saturated heterocycles. The lowest BCUT2D eigenvalue weighted by molar-refractivity contribution is 0.105. The van der Waals surface area contributed by atoms with Crippen LogP contribution in [0.3, 0.4) is 0 Å². The topological polar surface area (TPSA) is 58.6 Å². The third-order valence-corrected chi connectivity index (χ3v) is 4.24. The third-order valence-electron chi connectivity index (χ3n) is 3.99. The molecule has 0 aliphatic rings. The smallest absolute Gasteiger partial charge is 0.196 e. The molecular formula is C21H14ClN3O. The van der Waals surface area contributed by atoms with E-state index in [1.165, 1.54) is 0 Å². The van der Waals surface area contributed by atoms with Gasteiger partial charge in [-0.05, 0) is 54.1 Å². The summed E-state index contributed by atoms with van der Waals surface area (Å²) in [6.45, 7) is 0. The van der Waals surface area contributed by atoms with Gasteiger partial charge in [0.2, 0.25) is 0 Å². The van der Waals surface area contributed by atoms with Crippen LogP contribution in [0.2, 0.25) is 5.02 Å². The van der Waals surface area contributed by atoms with Crippen LogP contribution in [-0.2, 0) is 0 Å². The minimum absolute atomic E-state index is 0.135. The van der Waals surface area contributed by atoms with E-state index >= 15 is 0 Å². The Kier molecular flexibility index (Phi) is 4.33. The van der Waals surface area contributed by atoms with E-state index in [9.17, 15) is 4.79 Å². The van der Waals surface area contributed by atoms with Crippen LogP contribution in [0.4, 0.5) is 0 Å². The Morgan fingerprint density at radius 2 is 1.81 bits per heavy atom. The quantitative estimate of drug-likeness (QED) is 0.410. The molecule has 5 heteroatoms. The number of aromatic nitrogens is 3. The van der Waals surface area contributed by atoms with Crippen molar-refractivity contribution in [2.75, 3.05) is 0 Å². The third kappa shape index (κ3) is 3.27. The molecule has 4 nitrogen and oxygen atoms in total. The maximum absolute atomic E-state index is 13.1. The molecule has 0 unspecified atom stereocenters. The van der Waals surface area contributed by atoms with Gasteiger partial charge in [0.05, 0.1) is 16.6 Å². The summed E-state index contributed by atoms with van der Waals surface area (Å²) in [4.78, 5) is 25.1. The molecule has 0 aliphatic heterocycles. The van der Waals surface area contributed by atoms with Crippen LogP contribution < -0.4 is 0 Å². The number of aromatic amines is 1. The van der Waals surface area contributed by atoms with Crippen LogP contribution in [0.25, 0.3) is 22.7 Å². The van der Waals surface area contributed by atoms with Crippen molar-refractivity contribution in [2.45, 2.75) is 0 Å². The summed E-state index contributed by atoms with van der Waals surface area (Å²) in [5.74, 6) is 0.388. The molecule has 2 aromatic carbocycles. The van der Waals surface area contributed by atoms with Gasteiger partial charge >= 0.3 is 0 Å².